The molecule has 0 aliphatic rings. The Kier molecular flexibility index (Phi) is 4.50. The molecule has 0 spiro atoms. The first-order chi connectivity index (χ1) is 11.1. The Balaban J connectivity index is 1.67. The maximum atomic E-state index is 12.2. The first-order valence-electron chi connectivity index (χ1n) is 7.62. The number of para-hydroxylation sites is 1. The van der Waals surface area contributed by atoms with Crippen molar-refractivity contribution in [2.75, 3.05) is 5.75 Å². The summed E-state index contributed by atoms with van der Waals surface area (Å²) >= 11 is 0. The van der Waals surface area contributed by atoms with Crippen LogP contribution in [0.25, 0.3) is 10.9 Å². The molecule has 2 aromatic carbocycles. The second kappa shape index (κ2) is 6.56. The van der Waals surface area contributed by atoms with E-state index in [2.05, 4.69) is 9.71 Å². The number of rotatable bonds is 6. The zero-order valence-corrected chi connectivity index (χ0v) is 13.9. The summed E-state index contributed by atoms with van der Waals surface area (Å²) in [5.74, 6) is 0.0957. The van der Waals surface area contributed by atoms with Gasteiger partial charge in [-0.25, -0.2) is 13.1 Å². The van der Waals surface area contributed by atoms with Crippen molar-refractivity contribution in [2.45, 2.75) is 19.9 Å². The lowest BCUT2D eigenvalue weighted by Gasteiger charge is -2.07. The minimum absolute atomic E-state index is 0.0957. The Morgan fingerprint density at radius 3 is 2.48 bits per heavy atom. The molecular formula is C18H20N2O2S. The average molecular weight is 328 g/mol. The van der Waals surface area contributed by atoms with Crippen LogP contribution < -0.4 is 4.72 Å². The van der Waals surface area contributed by atoms with Gasteiger partial charge in [-0.3, -0.25) is 0 Å². The van der Waals surface area contributed by atoms with Gasteiger partial charge in [-0.15, -0.1) is 0 Å². The number of sulfonamides is 1. The fourth-order valence-electron chi connectivity index (χ4n) is 2.71. The van der Waals surface area contributed by atoms with E-state index in [1.165, 1.54) is 0 Å². The molecule has 5 heteroatoms. The van der Waals surface area contributed by atoms with Gasteiger partial charge in [0.1, 0.15) is 0 Å². The van der Waals surface area contributed by atoms with Crippen LogP contribution in [-0.2, 0) is 23.0 Å². The largest absolute Gasteiger partial charge is 0.358 e. The average Bonchev–Trinajstić information content (AvgIpc) is 2.87. The molecule has 1 aromatic heterocycles. The van der Waals surface area contributed by atoms with E-state index in [1.54, 1.807) is 0 Å². The molecule has 0 unspecified atom stereocenters. The van der Waals surface area contributed by atoms with E-state index in [1.807, 2.05) is 61.5 Å². The molecule has 0 aliphatic heterocycles. The molecule has 0 aliphatic carbocycles. The lowest BCUT2D eigenvalue weighted by atomic mass is 10.1. The van der Waals surface area contributed by atoms with Gasteiger partial charge in [0.05, 0.1) is 5.75 Å². The Morgan fingerprint density at radius 2 is 1.70 bits per heavy atom. The van der Waals surface area contributed by atoms with Crippen molar-refractivity contribution in [1.82, 2.24) is 9.71 Å². The number of aryl methyl sites for hydroxylation is 2. The molecule has 1 heterocycles. The minimum Gasteiger partial charge on any atom is -0.358 e. The van der Waals surface area contributed by atoms with E-state index in [4.69, 9.17) is 0 Å². The third-order valence-corrected chi connectivity index (χ3v) is 5.32. The van der Waals surface area contributed by atoms with Gasteiger partial charge in [-0.05, 0) is 30.5 Å². The molecule has 3 rings (SSSR count). The predicted octanol–water partition coefficient (Wildman–Crippen LogP) is 3.14. The third-order valence-electron chi connectivity index (χ3n) is 4.00. The highest BCUT2D eigenvalue weighted by Crippen LogP contribution is 2.21. The summed E-state index contributed by atoms with van der Waals surface area (Å²) in [7, 11) is -3.31. The van der Waals surface area contributed by atoms with Gasteiger partial charge in [-0.2, -0.15) is 0 Å². The van der Waals surface area contributed by atoms with Gasteiger partial charge in [0.25, 0.3) is 0 Å². The van der Waals surface area contributed by atoms with Crippen LogP contribution in [0.5, 0.6) is 0 Å². The van der Waals surface area contributed by atoms with Gasteiger partial charge >= 0.3 is 0 Å². The van der Waals surface area contributed by atoms with Crippen molar-refractivity contribution in [3.8, 4) is 0 Å². The minimum atomic E-state index is -3.31. The predicted molar refractivity (Wildman–Crippen MR) is 93.8 cm³/mol. The maximum absolute atomic E-state index is 12.2. The molecule has 0 saturated carbocycles. The number of H-pyrrole nitrogens is 1. The second-order valence-corrected chi connectivity index (χ2v) is 7.58. The first kappa shape index (κ1) is 15.8. The fraction of sp³-hybridized carbons (Fsp3) is 0.222. The summed E-state index contributed by atoms with van der Waals surface area (Å²) in [6, 6.07) is 17.6. The van der Waals surface area contributed by atoms with Crippen LogP contribution in [0.2, 0.25) is 0 Å². The van der Waals surface area contributed by atoms with Crippen molar-refractivity contribution in [2.24, 2.45) is 0 Å². The van der Waals surface area contributed by atoms with E-state index in [0.717, 1.165) is 27.7 Å². The summed E-state index contributed by atoms with van der Waals surface area (Å²) < 4.78 is 27.2. The molecule has 0 atom stereocenters. The molecule has 3 aromatic rings. The maximum Gasteiger partial charge on any atom is 0.212 e. The molecule has 4 nitrogen and oxygen atoms in total. The molecule has 2 N–H and O–H groups in total. The molecule has 0 bridgehead atoms. The zero-order chi connectivity index (χ0) is 16.3. The number of fused-ring (bicyclic) bond motifs is 1. The molecule has 0 amide bonds. The summed E-state index contributed by atoms with van der Waals surface area (Å²) in [4.78, 5) is 3.29. The Labute approximate surface area is 136 Å². The summed E-state index contributed by atoms with van der Waals surface area (Å²) in [6.45, 7) is 2.28. The summed E-state index contributed by atoms with van der Waals surface area (Å²) in [5, 5.41) is 1.07. The lowest BCUT2D eigenvalue weighted by molar-refractivity contribution is 0.580. The third kappa shape index (κ3) is 3.81. The molecule has 0 saturated heterocycles. The van der Waals surface area contributed by atoms with Crippen LogP contribution in [0.1, 0.15) is 16.8 Å². The van der Waals surface area contributed by atoms with E-state index < -0.39 is 10.0 Å². The van der Waals surface area contributed by atoms with Crippen molar-refractivity contribution in [3.05, 3.63) is 71.4 Å². The molecule has 0 radical (unpaired) electrons. The molecule has 23 heavy (non-hydrogen) atoms. The fourth-order valence-corrected chi connectivity index (χ4v) is 3.73. The second-order valence-electron chi connectivity index (χ2n) is 5.65. The van der Waals surface area contributed by atoms with E-state index >= 15 is 0 Å². The number of hydrogen-bond donors (Lipinski definition) is 2. The summed E-state index contributed by atoms with van der Waals surface area (Å²) in [5.41, 5.74) is 4.06. The van der Waals surface area contributed by atoms with Crippen molar-refractivity contribution >= 4 is 20.9 Å². The van der Waals surface area contributed by atoms with Gasteiger partial charge < -0.3 is 4.98 Å². The van der Waals surface area contributed by atoms with Crippen LogP contribution in [-0.4, -0.2) is 19.2 Å². The van der Waals surface area contributed by atoms with Gasteiger partial charge in [-0.1, -0.05) is 48.5 Å². The Morgan fingerprint density at radius 1 is 1.00 bits per heavy atom. The lowest BCUT2D eigenvalue weighted by Crippen LogP contribution is -2.27. The first-order valence-corrected chi connectivity index (χ1v) is 9.28. The Bertz CT molecular complexity index is 899. The molecular weight excluding hydrogens is 308 g/mol. The zero-order valence-electron chi connectivity index (χ0n) is 13.0. The van der Waals surface area contributed by atoms with Crippen LogP contribution in [0.3, 0.4) is 0 Å². The van der Waals surface area contributed by atoms with Crippen LogP contribution in [0.15, 0.2) is 54.6 Å². The number of benzene rings is 2. The number of aromatic nitrogens is 1. The highest BCUT2D eigenvalue weighted by molar-refractivity contribution is 7.89. The van der Waals surface area contributed by atoms with Crippen molar-refractivity contribution in [3.63, 3.8) is 0 Å². The van der Waals surface area contributed by atoms with Gasteiger partial charge in [0, 0.05) is 23.1 Å². The Hall–Kier alpha value is -2.11. The highest BCUT2D eigenvalue weighted by atomic mass is 32.2. The number of aromatic amines is 1. The number of hydrogen-bond acceptors (Lipinski definition) is 2. The van der Waals surface area contributed by atoms with Gasteiger partial charge in [0.2, 0.25) is 10.0 Å². The standard InChI is InChI=1S/C18H20N2O2S/c1-14-17(16-9-5-6-10-18(16)20-14)13-19-23(21,22)12-11-15-7-3-2-4-8-15/h2-10,19-20H,11-13H2,1H3. The van der Waals surface area contributed by atoms with E-state index in [9.17, 15) is 8.42 Å². The van der Waals surface area contributed by atoms with E-state index in [-0.39, 0.29) is 5.75 Å². The normalized spacial score (nSPS) is 11.9. The van der Waals surface area contributed by atoms with Crippen LogP contribution in [0.4, 0.5) is 0 Å². The highest BCUT2D eigenvalue weighted by Gasteiger charge is 2.13. The molecule has 0 fully saturated rings. The quantitative estimate of drug-likeness (QED) is 0.730. The van der Waals surface area contributed by atoms with Crippen molar-refractivity contribution < 1.29 is 8.42 Å². The van der Waals surface area contributed by atoms with Crippen LogP contribution >= 0.6 is 0 Å². The number of nitrogens with one attached hydrogen (secondary N) is 2. The van der Waals surface area contributed by atoms with E-state index in [0.29, 0.717) is 13.0 Å². The van der Waals surface area contributed by atoms with Gasteiger partial charge in [0.15, 0.2) is 0 Å². The van der Waals surface area contributed by atoms with Crippen molar-refractivity contribution in [1.29, 1.82) is 0 Å². The smallest absolute Gasteiger partial charge is 0.212 e. The summed E-state index contributed by atoms with van der Waals surface area (Å²) in [6.07, 6.45) is 0.517. The SMILES string of the molecule is Cc1[nH]c2ccccc2c1CNS(=O)(=O)CCc1ccccc1. The monoisotopic (exact) mass is 328 g/mol. The van der Waals surface area contributed by atoms with Crippen LogP contribution in [0, 0.1) is 6.92 Å². The molecule has 120 valence electrons. The topological polar surface area (TPSA) is 62.0 Å².